The molecular weight excluding hydrogens is 1990 g/mol. The van der Waals surface area contributed by atoms with E-state index in [1.54, 1.807) is 4.90 Å². The molecule has 66 heteroatoms. The zero-order valence-corrected chi connectivity index (χ0v) is 75.6. The van der Waals surface area contributed by atoms with Crippen molar-refractivity contribution < 1.29 is 140 Å². The topological polar surface area (TPSA) is 865 Å². The Bertz CT molecular complexity index is 8570. The molecule has 1 aliphatic rings. The van der Waals surface area contributed by atoms with Crippen molar-refractivity contribution in [3.05, 3.63) is 149 Å². The van der Waals surface area contributed by atoms with Crippen LogP contribution in [0.1, 0.15) is 0 Å². The largest absolute Gasteiger partial charge is 0.505 e. The van der Waals surface area contributed by atoms with E-state index in [0.717, 1.165) is 97.1 Å². The fourth-order valence-corrected chi connectivity index (χ4v) is 20.2. The van der Waals surface area contributed by atoms with E-state index in [-0.39, 0.29) is 95.2 Å². The van der Waals surface area contributed by atoms with Crippen molar-refractivity contribution >= 4 is 271 Å². The number of aromatic nitrogens is 6. The Labute approximate surface area is 760 Å². The zero-order chi connectivity index (χ0) is 94.5. The summed E-state index contributed by atoms with van der Waals surface area (Å²) in [6.45, 7) is 1.33. The fourth-order valence-electron chi connectivity index (χ4n) is 12.9. The Morgan fingerprint density at radius 2 is 0.746 bits per heavy atom. The molecule has 130 heavy (non-hydrogen) atoms. The molecule has 0 unspecified atom stereocenters. The number of azo groups is 4. The first-order chi connectivity index (χ1) is 59.7. The van der Waals surface area contributed by atoms with Crippen LogP contribution in [0.25, 0.3) is 43.1 Å². The van der Waals surface area contributed by atoms with Gasteiger partial charge in [0.2, 0.25) is 33.4 Å². The van der Waals surface area contributed by atoms with Crippen LogP contribution in [0.15, 0.2) is 226 Å². The number of piperazine rings is 1. The summed E-state index contributed by atoms with van der Waals surface area (Å²) in [5, 5.41) is 46.9. The molecule has 2 aromatic heterocycles. The Hall–Kier alpha value is -11.3. The zero-order valence-electron chi connectivity index (χ0n) is 64.0. The third-order valence-corrected chi connectivity index (χ3v) is 27.6. The summed E-state index contributed by atoms with van der Waals surface area (Å²) < 4.78 is 357. The van der Waals surface area contributed by atoms with Crippen LogP contribution in [0.3, 0.4) is 0 Å². The number of nitrogens with two attached hydrogens (primary N) is 2. The molecule has 0 saturated carbocycles. The third kappa shape index (κ3) is 21.0. The molecule has 12 aromatic rings. The van der Waals surface area contributed by atoms with E-state index in [1.807, 2.05) is 4.90 Å². The van der Waals surface area contributed by atoms with E-state index in [1.165, 1.54) is 0 Å². The number of nitrogen functional groups attached to an aromatic ring is 2. The number of anilines is 3. The van der Waals surface area contributed by atoms with Gasteiger partial charge >= 0.3 is 0 Å². The molecule has 0 bridgehead atoms. The average Bonchev–Trinajstić information content (AvgIpc) is 0.742. The number of rotatable bonds is 24. The summed E-state index contributed by atoms with van der Waals surface area (Å²) >= 11 is 12.7. The summed E-state index contributed by atoms with van der Waals surface area (Å²) in [4.78, 5) is 25.7. The predicted molar refractivity (Wildman–Crippen MR) is 450 cm³/mol. The summed E-state index contributed by atoms with van der Waals surface area (Å²) in [7, 11) is -54.1. The van der Waals surface area contributed by atoms with Crippen molar-refractivity contribution in [3.8, 4) is 11.5 Å². The molecule has 679 valence electrons. The maximum Gasteiger partial charge on any atom is 0.297 e. The van der Waals surface area contributed by atoms with E-state index in [0.29, 0.717) is 37.4 Å². The van der Waals surface area contributed by atoms with E-state index in [2.05, 4.69) is 85.8 Å². The molecule has 19 N–H and O–H groups in total. The Morgan fingerprint density at radius 3 is 1.14 bits per heavy atom. The molecule has 1 aliphatic heterocycles. The van der Waals surface area contributed by atoms with Crippen LogP contribution in [0.5, 0.6) is 11.5 Å². The number of aromatic hydroxyl groups is 2. The van der Waals surface area contributed by atoms with Gasteiger partial charge in [0.05, 0.1) is 40.1 Å². The van der Waals surface area contributed by atoms with Crippen molar-refractivity contribution in [2.45, 2.75) is 49.0 Å². The second-order valence-corrected chi connectivity index (χ2v) is 41.1. The molecule has 0 amide bonds. The molecule has 53 nitrogen and oxygen atoms in total. The molecule has 1 saturated heterocycles. The maximum absolute atomic E-state index is 13.0. The van der Waals surface area contributed by atoms with Gasteiger partial charge in [-0.3, -0.25) is 60.4 Å². The Kier molecular flexibility index (Phi) is 26.9. The van der Waals surface area contributed by atoms with Crippen molar-refractivity contribution in [3.63, 3.8) is 0 Å². The van der Waals surface area contributed by atoms with Gasteiger partial charge in [-0.05, 0) is 119 Å². The monoisotopic (exact) mass is 2040 g/mol. The van der Waals surface area contributed by atoms with Crippen LogP contribution in [0, 0.1) is 0 Å². The van der Waals surface area contributed by atoms with Crippen LogP contribution >= 0.6 is 23.2 Å². The van der Waals surface area contributed by atoms with Crippen LogP contribution in [-0.2, 0) is 101 Å². The molecule has 10 aromatic carbocycles. The molecule has 0 atom stereocenters. The number of H-pyrrole nitrogens is 3. The molecule has 1 fully saturated rings. The number of halogens is 2. The van der Waals surface area contributed by atoms with Crippen molar-refractivity contribution in [1.29, 1.82) is 0 Å². The van der Waals surface area contributed by atoms with Crippen molar-refractivity contribution in [2.75, 3.05) is 55.6 Å². The molecule has 3 heterocycles. The van der Waals surface area contributed by atoms with Gasteiger partial charge in [-0.15, -0.1) is 40.9 Å². The number of hydrogen-bond acceptors (Lipinski definition) is 40. The number of hydrogen-bond donors (Lipinski definition) is 17. The maximum atomic E-state index is 13.0. The minimum atomic E-state index is -5.62. The molecular formula is C64H51Cl2N21NaO32S10. The second-order valence-electron chi connectivity index (χ2n) is 26.5. The minimum Gasteiger partial charge on any atom is -0.505 e. The third-order valence-electron chi connectivity index (χ3n) is 18.3. The number of phenols is 2. The van der Waals surface area contributed by atoms with Gasteiger partial charge in [-0.1, -0.05) is 36.4 Å². The van der Waals surface area contributed by atoms with Crippen LogP contribution in [0.4, 0.5) is 74.2 Å². The number of nitrogens with one attached hydrogen (secondary N) is 3. The normalized spacial score (nSPS) is 14.6. The number of phenolic OH excluding ortho intramolecular Hbond substituents is 2. The van der Waals surface area contributed by atoms with E-state index < -0.39 is 267 Å². The van der Waals surface area contributed by atoms with E-state index in [4.69, 9.17) is 34.7 Å². The van der Waals surface area contributed by atoms with Crippen LogP contribution in [-0.4, -0.2) is 244 Å². The van der Waals surface area contributed by atoms with Gasteiger partial charge in [-0.25, -0.2) is 15.0 Å². The van der Waals surface area contributed by atoms with Gasteiger partial charge in [0, 0.05) is 83.8 Å². The predicted octanol–water partition coefficient (Wildman–Crippen LogP) is 7.29. The van der Waals surface area contributed by atoms with E-state index >= 15 is 0 Å². The number of benzene rings is 10. The van der Waals surface area contributed by atoms with Gasteiger partial charge in [0.1, 0.15) is 94.5 Å². The first-order valence-electron chi connectivity index (χ1n) is 34.4. The Morgan fingerprint density at radius 1 is 0.369 bits per heavy atom. The quantitative estimate of drug-likeness (QED) is 0.0122. The number of aromatic amines is 3. The van der Waals surface area contributed by atoms with Crippen molar-refractivity contribution in [2.24, 2.45) is 55.9 Å². The number of fused-ring (bicyclic) bond motifs is 4. The fraction of sp³-hybridized carbons (Fsp3) is 0.0938. The van der Waals surface area contributed by atoms with E-state index in [9.17, 15) is 140 Å². The first-order valence-corrected chi connectivity index (χ1v) is 49.5. The van der Waals surface area contributed by atoms with Gasteiger partial charge in [-0.2, -0.15) is 99.1 Å². The van der Waals surface area contributed by atoms with Gasteiger partial charge in [0.15, 0.2) is 11.5 Å². The summed E-state index contributed by atoms with van der Waals surface area (Å²) in [6.07, 6.45) is 0. The average molecular weight is 2040 g/mol. The summed E-state index contributed by atoms with van der Waals surface area (Å²) in [5.74, 6) is -2.76. The summed E-state index contributed by atoms with van der Waals surface area (Å²) in [5.41, 5.74) is 1.06. The minimum absolute atomic E-state index is 0. The Balaban J connectivity index is 0.0000153. The van der Waals surface area contributed by atoms with Crippen molar-refractivity contribution in [1.82, 2.24) is 34.8 Å². The summed E-state index contributed by atoms with van der Waals surface area (Å²) in [6, 6.07) is 15.8. The van der Waals surface area contributed by atoms with Gasteiger partial charge in [0.25, 0.3) is 101 Å². The first kappa shape index (κ1) is 97.8. The van der Waals surface area contributed by atoms with Crippen LogP contribution in [0.2, 0.25) is 10.6 Å². The molecule has 0 spiro atoms. The smallest absolute Gasteiger partial charge is 0.297 e. The molecule has 1 radical (unpaired) electrons. The molecule has 13 rings (SSSR count). The SMILES string of the molecule is Nc1c(N=Nc2cc(N=c3nc(Cl)nc(N4CCN(CCN=c5nc(Cl)[nH]c(=Nc6ccc(S(=O)(=O)O)c(N=Nc7c(S(=O)(=O)O)cc8cc(S(=O)(=O)O)c(N=Nc9ccc%10c(S(=O)(=O)O)cccc%10c9S(=O)(=O)O)c(O)c8c7N)c6)[nH]5)CC4)[nH]3)ccc2S(=O)(=O)O)c(S(=O)(=O)O)cc2cc(S(=O)(=O)O)c(N=Nc3ccc4c(S(=O)(=O)O)cccc4c3S(=O)(=O)O)c(O)c12.[Na]. The second kappa shape index (κ2) is 35.8. The standard InChI is InChI=1S/C64H51Cl2N21O32S10.Na/c65-59-72-61(76-62(73-59)70-29-7-13-41(122(96,97)98)37(25-29)80-82-51-43(124(102,103)104)21-27-23-45(126(108,109)110)53(55(88)47(27)49(51)67)84-78-35-11-9-31-33(57(35)128(114,115)116)3-1-5-39(31)120(90,91)92)69-15-16-86-17-19-87(20-18-86)64-75-60(66)74-63(77-64)71-30-8-14-42(123(99,100)101)38(26-30)81-83-52-44(125(105,106)107)22-28-24-46(127(111,112)113)54(56(89)48(28)50(52)68)85-79-36-12-10-32-34(58(36)129(117,118)119)4-2-6-40(32)121(93,94)95;/h1-14,21-26,88-89H,15-20,67-68H2,(H,90,91,92)(H,93,94,95)(H,96,97,98)(H,99,100,101)(H,102,103,104)(H,105,106,107)(H,108,109,110)(H,111,112,113)(H,114,115,116)(H,117,118,119)(H,71,74,75,77)(H2,69,70,72,73,76);. The van der Waals surface area contributed by atoms with Gasteiger partial charge < -0.3 is 31.6 Å². The molecule has 0 aliphatic carbocycles. The van der Waals surface area contributed by atoms with Crippen LogP contribution < -0.4 is 33.2 Å². The number of nitrogens with zero attached hydrogens (tertiary/aromatic N) is 16.